The highest BCUT2D eigenvalue weighted by Crippen LogP contribution is 2.14. The second-order valence-corrected chi connectivity index (χ2v) is 3.11. The quantitative estimate of drug-likeness (QED) is 0.823. The van der Waals surface area contributed by atoms with Crippen LogP contribution in [0.3, 0.4) is 0 Å². The Balaban J connectivity index is 2.49. The molecule has 1 N–H and O–H groups in total. The number of rotatable bonds is 2. The lowest BCUT2D eigenvalue weighted by molar-refractivity contribution is 0.0690. The Hall–Kier alpha value is -2.81. The van der Waals surface area contributed by atoms with Crippen molar-refractivity contribution >= 4 is 5.97 Å². The molecule has 82 valence electrons. The molecule has 0 aliphatic carbocycles. The highest BCUT2D eigenvalue weighted by molar-refractivity contribution is 5.85. The summed E-state index contributed by atoms with van der Waals surface area (Å²) in [5.41, 5.74) is 0.691. The van der Waals surface area contributed by atoms with Crippen LogP contribution in [0.5, 0.6) is 0 Å². The van der Waals surface area contributed by atoms with Crippen molar-refractivity contribution < 1.29 is 9.90 Å². The van der Waals surface area contributed by atoms with Gasteiger partial charge in [0.05, 0.1) is 0 Å². The Morgan fingerprint density at radius 2 is 2.06 bits per heavy atom. The third kappa shape index (κ3) is 2.23. The number of aromatic nitrogens is 3. The van der Waals surface area contributed by atoms with Gasteiger partial charge in [0.1, 0.15) is 11.8 Å². The molecule has 0 unspecified atom stereocenters. The van der Waals surface area contributed by atoms with E-state index >= 15 is 0 Å². The Bertz CT molecular complexity index is 619. The minimum atomic E-state index is -1.12. The fraction of sp³-hybridized carbons (Fsp3) is 0. The number of hydrogen-bond acceptors (Lipinski definition) is 5. The third-order valence-corrected chi connectivity index (χ3v) is 2.01. The summed E-state index contributed by atoms with van der Waals surface area (Å²) >= 11 is 0. The van der Waals surface area contributed by atoms with Crippen LogP contribution < -0.4 is 0 Å². The van der Waals surface area contributed by atoms with Gasteiger partial charge in [-0.15, -0.1) is 0 Å². The van der Waals surface area contributed by atoms with Crippen molar-refractivity contribution in [1.29, 1.82) is 5.26 Å². The zero-order valence-corrected chi connectivity index (χ0v) is 8.53. The van der Waals surface area contributed by atoms with Crippen molar-refractivity contribution in [2.75, 3.05) is 0 Å². The highest BCUT2D eigenvalue weighted by atomic mass is 16.4. The van der Waals surface area contributed by atoms with Crippen LogP contribution in [0, 0.1) is 11.3 Å². The monoisotopic (exact) mass is 226 g/mol. The summed E-state index contributed by atoms with van der Waals surface area (Å²) in [6, 6.07) is 6.31. The molecule has 0 bridgehead atoms. The van der Waals surface area contributed by atoms with Gasteiger partial charge in [-0.25, -0.2) is 19.7 Å². The summed E-state index contributed by atoms with van der Waals surface area (Å²) in [7, 11) is 0. The third-order valence-electron chi connectivity index (χ3n) is 2.01. The highest BCUT2D eigenvalue weighted by Gasteiger charge is 2.08. The first kappa shape index (κ1) is 10.7. The van der Waals surface area contributed by atoms with Crippen molar-refractivity contribution in [3.05, 3.63) is 42.0 Å². The fourth-order valence-electron chi connectivity index (χ4n) is 1.25. The molecule has 2 heterocycles. The van der Waals surface area contributed by atoms with Crippen LogP contribution >= 0.6 is 0 Å². The average molecular weight is 226 g/mol. The van der Waals surface area contributed by atoms with Gasteiger partial charge < -0.3 is 5.11 Å². The van der Waals surface area contributed by atoms with Gasteiger partial charge in [0.15, 0.2) is 11.5 Å². The number of carboxylic acids is 1. The minimum Gasteiger partial charge on any atom is -0.477 e. The van der Waals surface area contributed by atoms with Crippen LogP contribution in [-0.4, -0.2) is 26.0 Å². The van der Waals surface area contributed by atoms with Gasteiger partial charge in [0, 0.05) is 18.0 Å². The van der Waals surface area contributed by atoms with Crippen molar-refractivity contribution in [3.63, 3.8) is 0 Å². The molecule has 0 saturated heterocycles. The predicted octanol–water partition coefficient (Wildman–Crippen LogP) is 1.11. The molecular formula is C11H6N4O2. The van der Waals surface area contributed by atoms with Crippen molar-refractivity contribution in [2.45, 2.75) is 0 Å². The zero-order chi connectivity index (χ0) is 12.3. The topological polar surface area (TPSA) is 99.8 Å². The van der Waals surface area contributed by atoms with Crippen LogP contribution in [0.15, 0.2) is 30.6 Å². The van der Waals surface area contributed by atoms with E-state index in [4.69, 9.17) is 10.4 Å². The molecular weight excluding hydrogens is 220 g/mol. The molecule has 2 aromatic heterocycles. The van der Waals surface area contributed by atoms with Gasteiger partial charge in [-0.1, -0.05) is 0 Å². The van der Waals surface area contributed by atoms with Crippen molar-refractivity contribution in [3.8, 4) is 17.5 Å². The van der Waals surface area contributed by atoms with Gasteiger partial charge in [-0.05, 0) is 18.2 Å². The van der Waals surface area contributed by atoms with Crippen molar-refractivity contribution in [2.24, 2.45) is 0 Å². The molecule has 6 nitrogen and oxygen atoms in total. The number of nitrogens with zero attached hydrogens (tertiary/aromatic N) is 4. The van der Waals surface area contributed by atoms with Gasteiger partial charge in [0.2, 0.25) is 0 Å². The molecule has 0 saturated carbocycles. The number of carboxylic acid groups (broad SMARTS) is 1. The number of nitriles is 1. The molecule has 2 aromatic rings. The summed E-state index contributed by atoms with van der Waals surface area (Å²) in [6.07, 6.45) is 2.81. The maximum Gasteiger partial charge on any atom is 0.354 e. The van der Waals surface area contributed by atoms with Gasteiger partial charge in [-0.3, -0.25) is 0 Å². The molecule has 6 heteroatoms. The fourth-order valence-corrected chi connectivity index (χ4v) is 1.25. The number of aromatic carboxylic acids is 1. The maximum absolute atomic E-state index is 10.8. The van der Waals surface area contributed by atoms with E-state index < -0.39 is 5.97 Å². The second-order valence-electron chi connectivity index (χ2n) is 3.11. The van der Waals surface area contributed by atoms with Crippen LogP contribution in [0.4, 0.5) is 0 Å². The average Bonchev–Trinajstić information content (AvgIpc) is 2.39. The Labute approximate surface area is 96.2 Å². The standard InChI is InChI=1S/C11H6N4O2/c12-6-8-5-7(1-3-13-8)10-14-4-2-9(15-10)11(16)17/h1-5H,(H,16,17). The molecule has 0 aliphatic rings. The number of pyridine rings is 1. The van der Waals surface area contributed by atoms with E-state index in [0.717, 1.165) is 0 Å². The molecule has 0 fully saturated rings. The molecule has 0 aromatic carbocycles. The molecule has 0 radical (unpaired) electrons. The Morgan fingerprint density at radius 3 is 2.76 bits per heavy atom. The molecule has 0 atom stereocenters. The maximum atomic E-state index is 10.8. The van der Waals surface area contributed by atoms with E-state index in [1.54, 1.807) is 6.07 Å². The summed E-state index contributed by atoms with van der Waals surface area (Å²) in [5, 5.41) is 17.5. The predicted molar refractivity (Wildman–Crippen MR) is 56.9 cm³/mol. The lowest BCUT2D eigenvalue weighted by Gasteiger charge is -2.00. The molecule has 0 amide bonds. The zero-order valence-electron chi connectivity index (χ0n) is 8.53. The summed E-state index contributed by atoms with van der Waals surface area (Å²) < 4.78 is 0. The SMILES string of the molecule is N#Cc1cc(-c2nccc(C(=O)O)n2)ccn1. The van der Waals surface area contributed by atoms with Crippen molar-refractivity contribution in [1.82, 2.24) is 15.0 Å². The summed E-state index contributed by atoms with van der Waals surface area (Å²) in [6.45, 7) is 0. The molecule has 0 aliphatic heterocycles. The first-order valence-electron chi connectivity index (χ1n) is 4.63. The number of carbonyl (C=O) groups is 1. The van der Waals surface area contributed by atoms with E-state index in [0.29, 0.717) is 5.56 Å². The first-order valence-corrected chi connectivity index (χ1v) is 4.63. The minimum absolute atomic E-state index is 0.0923. The van der Waals surface area contributed by atoms with E-state index in [9.17, 15) is 4.79 Å². The van der Waals surface area contributed by atoms with Crippen LogP contribution in [-0.2, 0) is 0 Å². The molecule has 17 heavy (non-hydrogen) atoms. The smallest absolute Gasteiger partial charge is 0.354 e. The molecule has 0 spiro atoms. The summed E-state index contributed by atoms with van der Waals surface area (Å²) in [4.78, 5) is 22.4. The van der Waals surface area contributed by atoms with E-state index in [1.807, 2.05) is 6.07 Å². The normalized spacial score (nSPS) is 9.59. The van der Waals surface area contributed by atoms with Gasteiger partial charge >= 0.3 is 5.97 Å². The summed E-state index contributed by atoms with van der Waals surface area (Å²) in [5.74, 6) is -0.869. The van der Waals surface area contributed by atoms with Crippen LogP contribution in [0.2, 0.25) is 0 Å². The lowest BCUT2D eigenvalue weighted by Crippen LogP contribution is -2.02. The van der Waals surface area contributed by atoms with Gasteiger partial charge in [0.25, 0.3) is 0 Å². The lowest BCUT2D eigenvalue weighted by atomic mass is 10.2. The molecule has 2 rings (SSSR count). The Kier molecular flexibility index (Phi) is 2.75. The van der Waals surface area contributed by atoms with Gasteiger partial charge in [-0.2, -0.15) is 5.26 Å². The number of hydrogen-bond donors (Lipinski definition) is 1. The van der Waals surface area contributed by atoms with Crippen LogP contribution in [0.1, 0.15) is 16.2 Å². The van der Waals surface area contributed by atoms with E-state index in [1.165, 1.54) is 24.5 Å². The van der Waals surface area contributed by atoms with E-state index in [-0.39, 0.29) is 17.2 Å². The second kappa shape index (κ2) is 4.37. The largest absolute Gasteiger partial charge is 0.477 e. The van der Waals surface area contributed by atoms with E-state index in [2.05, 4.69) is 15.0 Å². The van der Waals surface area contributed by atoms with Crippen LogP contribution in [0.25, 0.3) is 11.4 Å². The first-order chi connectivity index (χ1) is 8.20. The Morgan fingerprint density at radius 1 is 1.29 bits per heavy atom.